The monoisotopic (exact) mass is 282 g/mol. The van der Waals surface area contributed by atoms with Crippen LogP contribution in [0.25, 0.3) is 0 Å². The molecule has 0 unspecified atom stereocenters. The first-order valence-electron chi connectivity index (χ1n) is 6.64. The third-order valence-corrected chi connectivity index (χ3v) is 3.14. The van der Waals surface area contributed by atoms with E-state index in [0.29, 0.717) is 13.1 Å². The molecule has 0 saturated heterocycles. The summed E-state index contributed by atoms with van der Waals surface area (Å²) in [5.74, 6) is -0.247. The normalized spacial score (nSPS) is 11.3. The zero-order chi connectivity index (χ0) is 15.3. The van der Waals surface area contributed by atoms with Gasteiger partial charge in [-0.3, -0.25) is 4.79 Å². The molecule has 1 N–H and O–H groups in total. The average Bonchev–Trinajstić information content (AvgIpc) is 2.38. The van der Waals surface area contributed by atoms with Gasteiger partial charge in [0.05, 0.1) is 12.6 Å². The number of methoxy groups -OCH3 is 1. The molecule has 0 aliphatic heterocycles. The van der Waals surface area contributed by atoms with Crippen LogP contribution in [-0.2, 0) is 11.3 Å². The first-order valence-corrected chi connectivity index (χ1v) is 6.64. The number of carbonyl (C=O) groups excluding carboxylic acids is 1. The van der Waals surface area contributed by atoms with Gasteiger partial charge in [0.15, 0.2) is 11.6 Å². The summed E-state index contributed by atoms with van der Waals surface area (Å²) in [4.78, 5) is 13.9. The Balaban J connectivity index is 2.78. The molecule has 1 aromatic carbocycles. The van der Waals surface area contributed by atoms with Gasteiger partial charge >= 0.3 is 0 Å². The number of hydrogen-bond donors (Lipinski definition) is 1. The number of rotatable bonds is 6. The van der Waals surface area contributed by atoms with Gasteiger partial charge in [0.25, 0.3) is 0 Å². The number of amides is 1. The van der Waals surface area contributed by atoms with Crippen molar-refractivity contribution in [3.63, 3.8) is 0 Å². The van der Waals surface area contributed by atoms with Gasteiger partial charge in [-0.1, -0.05) is 13.0 Å². The maximum atomic E-state index is 13.6. The highest BCUT2D eigenvalue weighted by Crippen LogP contribution is 2.19. The lowest BCUT2D eigenvalue weighted by Gasteiger charge is -2.30. The smallest absolute Gasteiger partial charge is 0.242 e. The van der Waals surface area contributed by atoms with Crippen LogP contribution in [0, 0.1) is 5.82 Å². The fraction of sp³-hybridized carbons (Fsp3) is 0.533. The van der Waals surface area contributed by atoms with Gasteiger partial charge in [-0.05, 0) is 38.1 Å². The number of likely N-dealkylation sites (N-methyl/N-ethyl adjacent to an activating group) is 2. The van der Waals surface area contributed by atoms with Crippen LogP contribution in [0.2, 0.25) is 0 Å². The number of nitrogens with one attached hydrogen (secondary N) is 1. The van der Waals surface area contributed by atoms with Crippen molar-refractivity contribution in [2.24, 2.45) is 0 Å². The van der Waals surface area contributed by atoms with Crippen LogP contribution < -0.4 is 10.1 Å². The fourth-order valence-electron chi connectivity index (χ4n) is 2.15. The Hall–Kier alpha value is -1.62. The molecule has 0 saturated carbocycles. The van der Waals surface area contributed by atoms with Crippen LogP contribution in [-0.4, -0.2) is 37.0 Å². The van der Waals surface area contributed by atoms with E-state index in [1.54, 1.807) is 24.1 Å². The molecule has 4 nitrogen and oxygen atoms in total. The highest BCUT2D eigenvalue weighted by Gasteiger charge is 2.29. The predicted octanol–water partition coefficient (Wildman–Crippen LogP) is 2.18. The first-order chi connectivity index (χ1) is 9.31. The second kappa shape index (κ2) is 6.70. The quantitative estimate of drug-likeness (QED) is 0.869. The van der Waals surface area contributed by atoms with Gasteiger partial charge in [0.2, 0.25) is 5.91 Å². The van der Waals surface area contributed by atoms with Crippen LogP contribution in [0.5, 0.6) is 5.75 Å². The zero-order valence-corrected chi connectivity index (χ0v) is 12.8. The molecule has 0 heterocycles. The largest absolute Gasteiger partial charge is 0.494 e. The van der Waals surface area contributed by atoms with Crippen molar-refractivity contribution in [1.82, 2.24) is 10.2 Å². The van der Waals surface area contributed by atoms with Crippen molar-refractivity contribution in [3.8, 4) is 5.75 Å². The minimum absolute atomic E-state index is 0.0319. The molecule has 0 aliphatic rings. The number of hydrogen-bond acceptors (Lipinski definition) is 3. The van der Waals surface area contributed by atoms with Gasteiger partial charge in [-0.15, -0.1) is 0 Å². The van der Waals surface area contributed by atoms with Gasteiger partial charge in [-0.25, -0.2) is 4.39 Å². The summed E-state index contributed by atoms with van der Waals surface area (Å²) in [5, 5.41) is 3.13. The minimum atomic E-state index is -0.630. The Morgan fingerprint density at radius 3 is 2.60 bits per heavy atom. The maximum absolute atomic E-state index is 13.6. The van der Waals surface area contributed by atoms with E-state index in [0.717, 1.165) is 5.56 Å². The molecule has 0 atom stereocenters. The number of benzene rings is 1. The standard InChI is InChI=1S/C15H23FN2O2/c1-6-17-15(2,3)14(19)18(4)10-11-7-8-13(20-5)12(16)9-11/h7-9,17H,6,10H2,1-5H3. The zero-order valence-electron chi connectivity index (χ0n) is 12.8. The second-order valence-electron chi connectivity index (χ2n) is 5.29. The molecule has 20 heavy (non-hydrogen) atoms. The first kappa shape index (κ1) is 16.4. The SMILES string of the molecule is CCNC(C)(C)C(=O)N(C)Cc1ccc(OC)c(F)c1. The van der Waals surface area contributed by atoms with E-state index in [9.17, 15) is 9.18 Å². The van der Waals surface area contributed by atoms with Crippen LogP contribution >= 0.6 is 0 Å². The lowest BCUT2D eigenvalue weighted by atomic mass is 10.0. The van der Waals surface area contributed by atoms with Crippen molar-refractivity contribution >= 4 is 5.91 Å². The Kier molecular flexibility index (Phi) is 5.51. The molecule has 1 rings (SSSR count). The topological polar surface area (TPSA) is 41.6 Å². The van der Waals surface area contributed by atoms with Crippen LogP contribution in [0.3, 0.4) is 0 Å². The predicted molar refractivity (Wildman–Crippen MR) is 77.2 cm³/mol. The molecule has 112 valence electrons. The van der Waals surface area contributed by atoms with Crippen molar-refractivity contribution < 1.29 is 13.9 Å². The van der Waals surface area contributed by atoms with Gasteiger partial charge < -0.3 is 15.0 Å². The van der Waals surface area contributed by atoms with E-state index in [4.69, 9.17) is 4.74 Å². The fourth-order valence-corrected chi connectivity index (χ4v) is 2.15. The Bertz CT molecular complexity index is 475. The number of halogens is 1. The van der Waals surface area contributed by atoms with Gasteiger partial charge in [0, 0.05) is 13.6 Å². The third-order valence-electron chi connectivity index (χ3n) is 3.14. The number of ether oxygens (including phenoxy) is 1. The summed E-state index contributed by atoms with van der Waals surface area (Å²) in [5.41, 5.74) is 0.0978. The molecule has 0 aromatic heterocycles. The molecule has 0 bridgehead atoms. The van der Waals surface area contributed by atoms with Crippen LogP contribution in [0.4, 0.5) is 4.39 Å². The summed E-state index contributed by atoms with van der Waals surface area (Å²) in [6, 6.07) is 4.72. The highest BCUT2D eigenvalue weighted by atomic mass is 19.1. The molecule has 0 fully saturated rings. The van der Waals surface area contributed by atoms with Crippen LogP contribution in [0.1, 0.15) is 26.3 Å². The summed E-state index contributed by atoms with van der Waals surface area (Å²) in [6.45, 7) is 6.69. The van der Waals surface area contributed by atoms with E-state index in [2.05, 4.69) is 5.32 Å². The number of carbonyl (C=O) groups is 1. The summed E-state index contributed by atoms with van der Waals surface area (Å²) in [7, 11) is 3.14. The summed E-state index contributed by atoms with van der Waals surface area (Å²) in [6.07, 6.45) is 0. The molecular formula is C15H23FN2O2. The Morgan fingerprint density at radius 2 is 2.10 bits per heavy atom. The molecule has 0 spiro atoms. The lowest BCUT2D eigenvalue weighted by Crippen LogP contribution is -2.52. The van der Waals surface area contributed by atoms with Gasteiger partial charge in [-0.2, -0.15) is 0 Å². The third kappa shape index (κ3) is 3.93. The van der Waals surface area contributed by atoms with E-state index in [-0.39, 0.29) is 11.7 Å². The minimum Gasteiger partial charge on any atom is -0.494 e. The molecular weight excluding hydrogens is 259 g/mol. The second-order valence-corrected chi connectivity index (χ2v) is 5.29. The average molecular weight is 282 g/mol. The Labute approximate surface area is 119 Å². The summed E-state index contributed by atoms with van der Waals surface area (Å²) >= 11 is 0. The van der Waals surface area contributed by atoms with Crippen LogP contribution in [0.15, 0.2) is 18.2 Å². The molecule has 1 amide bonds. The maximum Gasteiger partial charge on any atom is 0.242 e. The van der Waals surface area contributed by atoms with Crippen molar-refractivity contribution in [2.45, 2.75) is 32.9 Å². The van der Waals surface area contributed by atoms with Crippen molar-refractivity contribution in [3.05, 3.63) is 29.6 Å². The molecule has 0 radical (unpaired) electrons. The van der Waals surface area contributed by atoms with E-state index in [1.165, 1.54) is 13.2 Å². The van der Waals surface area contributed by atoms with E-state index >= 15 is 0 Å². The van der Waals surface area contributed by atoms with E-state index in [1.807, 2.05) is 20.8 Å². The van der Waals surface area contributed by atoms with Gasteiger partial charge in [0.1, 0.15) is 0 Å². The highest BCUT2D eigenvalue weighted by molar-refractivity contribution is 5.85. The van der Waals surface area contributed by atoms with E-state index < -0.39 is 11.4 Å². The number of nitrogens with zero attached hydrogens (tertiary/aromatic N) is 1. The van der Waals surface area contributed by atoms with Crippen molar-refractivity contribution in [2.75, 3.05) is 20.7 Å². The molecule has 5 heteroatoms. The molecule has 1 aromatic rings. The molecule has 0 aliphatic carbocycles. The Morgan fingerprint density at radius 1 is 1.45 bits per heavy atom. The van der Waals surface area contributed by atoms with Crippen molar-refractivity contribution in [1.29, 1.82) is 0 Å². The summed E-state index contributed by atoms with van der Waals surface area (Å²) < 4.78 is 18.5. The lowest BCUT2D eigenvalue weighted by molar-refractivity contribution is -0.136.